The van der Waals surface area contributed by atoms with E-state index in [0.717, 1.165) is 61.7 Å². The summed E-state index contributed by atoms with van der Waals surface area (Å²) in [6.07, 6.45) is 4.10. The molecule has 13 heteroatoms. The molecule has 1 atom stereocenters. The maximum atomic E-state index is 13.9. The van der Waals surface area contributed by atoms with E-state index in [1.54, 1.807) is 12.3 Å². The van der Waals surface area contributed by atoms with Crippen LogP contribution in [0.25, 0.3) is 39.0 Å². The fraction of sp³-hybridized carbons (Fsp3) is 0.459. The van der Waals surface area contributed by atoms with Crippen LogP contribution in [0.4, 0.5) is 19.0 Å². The number of carbonyl (C=O) groups excluding carboxylic acids is 1. The molecule has 0 radical (unpaired) electrons. The molecule has 1 N–H and O–H groups in total. The molecule has 3 aliphatic rings. The molecule has 2 aromatic carbocycles. The van der Waals surface area contributed by atoms with E-state index in [2.05, 4.69) is 40.2 Å². The van der Waals surface area contributed by atoms with Crippen molar-refractivity contribution in [1.29, 1.82) is 0 Å². The van der Waals surface area contributed by atoms with Crippen LogP contribution in [0, 0.1) is 12.3 Å². The van der Waals surface area contributed by atoms with E-state index in [1.807, 2.05) is 30.0 Å². The van der Waals surface area contributed by atoms with Crippen molar-refractivity contribution < 1.29 is 27.4 Å². The van der Waals surface area contributed by atoms with Crippen molar-refractivity contribution in [2.24, 2.45) is 5.41 Å². The van der Waals surface area contributed by atoms with Gasteiger partial charge in [-0.2, -0.15) is 28.2 Å². The van der Waals surface area contributed by atoms with Crippen LogP contribution in [-0.2, 0) is 4.79 Å². The van der Waals surface area contributed by atoms with Crippen LogP contribution in [0.3, 0.4) is 0 Å². The normalized spacial score (nSPS) is 19.7. The Kier molecular flexibility index (Phi) is 8.96. The van der Waals surface area contributed by atoms with Gasteiger partial charge in [-0.15, -0.1) is 0 Å². The Labute approximate surface area is 288 Å². The Bertz CT molecular complexity index is 1940. The molecule has 264 valence electrons. The van der Waals surface area contributed by atoms with Crippen LogP contribution in [0.1, 0.15) is 43.2 Å². The Hall–Kier alpha value is -4.65. The van der Waals surface area contributed by atoms with Crippen LogP contribution in [0.15, 0.2) is 43.6 Å². The summed E-state index contributed by atoms with van der Waals surface area (Å²) >= 11 is 0. The maximum Gasteiger partial charge on any atom is 0.422 e. The van der Waals surface area contributed by atoms with E-state index in [-0.39, 0.29) is 34.7 Å². The number of carbonyl (C=O) groups is 1. The number of aryl methyl sites for hydroxylation is 1. The van der Waals surface area contributed by atoms with Gasteiger partial charge in [-0.1, -0.05) is 25.3 Å². The Balaban J connectivity index is 1.38. The quantitative estimate of drug-likeness (QED) is 0.208. The Morgan fingerprint density at radius 3 is 2.58 bits per heavy atom. The highest BCUT2D eigenvalue weighted by Gasteiger charge is 2.46. The molecular weight excluding hydrogens is 647 g/mol. The third-order valence-corrected chi connectivity index (χ3v) is 10.5. The first-order valence-electron chi connectivity index (χ1n) is 17.1. The SMILES string of the molecule is C=CC(=O)N1CC2(CCN(c3nc(OC4CCCN(C)CC4)nc4c(OCC(F)(F)F)c(-c5c(C)ccc6[nH]ncc56)c(C=C)cc34)CC2)C1. The summed E-state index contributed by atoms with van der Waals surface area (Å²) in [5.74, 6) is 0.507. The zero-order valence-electron chi connectivity index (χ0n) is 28.5. The third-order valence-electron chi connectivity index (χ3n) is 10.5. The average molecular weight is 690 g/mol. The van der Waals surface area contributed by atoms with Gasteiger partial charge in [0, 0.05) is 54.5 Å². The van der Waals surface area contributed by atoms with E-state index in [0.29, 0.717) is 54.1 Å². The van der Waals surface area contributed by atoms with E-state index in [1.165, 1.54) is 6.08 Å². The van der Waals surface area contributed by atoms with Crippen molar-refractivity contribution in [1.82, 2.24) is 30.0 Å². The molecule has 4 aromatic rings. The van der Waals surface area contributed by atoms with E-state index >= 15 is 0 Å². The lowest BCUT2D eigenvalue weighted by Crippen LogP contribution is -2.61. The minimum absolute atomic E-state index is 0.00771. The second-order valence-electron chi connectivity index (χ2n) is 14.0. The standard InChI is InChI=1S/C37H42F3N7O3/c1-5-24-18-26-32(33(49-22-37(38,39)40)31(24)30-23(3)9-10-28-27(30)19-41-44-28)42-35(50-25-8-7-14-45(4)15-11-25)43-34(26)46-16-12-36(13-17-46)20-47(21-36)29(48)6-2/h5-6,9-10,18-19,25H,1-2,7-8,11-17,20-22H2,3-4H3,(H,41,44). The number of hydrogen-bond acceptors (Lipinski definition) is 8. The average Bonchev–Trinajstić information content (AvgIpc) is 3.47. The van der Waals surface area contributed by atoms with Crippen molar-refractivity contribution in [2.75, 3.05) is 57.8 Å². The van der Waals surface area contributed by atoms with Crippen molar-refractivity contribution in [3.63, 3.8) is 0 Å². The summed E-state index contributed by atoms with van der Waals surface area (Å²) < 4.78 is 54.1. The van der Waals surface area contributed by atoms with Gasteiger partial charge in [0.1, 0.15) is 17.4 Å². The van der Waals surface area contributed by atoms with Gasteiger partial charge in [-0.25, -0.2) is 0 Å². The minimum Gasteiger partial charge on any atom is -0.481 e. The van der Waals surface area contributed by atoms with Gasteiger partial charge < -0.3 is 24.2 Å². The number of alkyl halides is 3. The number of amides is 1. The highest BCUT2D eigenvalue weighted by atomic mass is 19.4. The number of fused-ring (bicyclic) bond motifs is 2. The van der Waals surface area contributed by atoms with Gasteiger partial charge >= 0.3 is 12.2 Å². The monoisotopic (exact) mass is 689 g/mol. The predicted molar refractivity (Wildman–Crippen MR) is 187 cm³/mol. The van der Waals surface area contributed by atoms with Crippen molar-refractivity contribution >= 4 is 39.6 Å². The number of likely N-dealkylation sites (tertiary alicyclic amines) is 2. The van der Waals surface area contributed by atoms with Crippen molar-refractivity contribution in [3.8, 4) is 22.9 Å². The summed E-state index contributed by atoms with van der Waals surface area (Å²) in [5.41, 5.74) is 3.55. The van der Waals surface area contributed by atoms with Crippen LogP contribution in [0.2, 0.25) is 0 Å². The molecule has 7 rings (SSSR count). The number of ether oxygens (including phenoxy) is 2. The molecule has 1 amide bonds. The lowest BCUT2D eigenvalue weighted by molar-refractivity contribution is -0.153. The van der Waals surface area contributed by atoms with Gasteiger partial charge in [0.15, 0.2) is 12.4 Å². The molecule has 2 aromatic heterocycles. The van der Waals surface area contributed by atoms with Crippen molar-refractivity contribution in [2.45, 2.75) is 51.3 Å². The summed E-state index contributed by atoms with van der Waals surface area (Å²) in [7, 11) is 2.08. The number of anilines is 1. The fourth-order valence-corrected chi connectivity index (χ4v) is 7.72. The smallest absolute Gasteiger partial charge is 0.422 e. The summed E-state index contributed by atoms with van der Waals surface area (Å²) in [6.45, 7) is 12.5. The molecule has 3 fully saturated rings. The van der Waals surface area contributed by atoms with Gasteiger partial charge in [0.25, 0.3) is 0 Å². The van der Waals surface area contributed by atoms with Crippen LogP contribution < -0.4 is 14.4 Å². The number of aromatic amines is 1. The topological polar surface area (TPSA) is 99.7 Å². The second kappa shape index (κ2) is 13.2. The first-order chi connectivity index (χ1) is 24.0. The number of piperidine rings is 1. The number of benzene rings is 2. The molecule has 10 nitrogen and oxygen atoms in total. The van der Waals surface area contributed by atoms with Crippen LogP contribution >= 0.6 is 0 Å². The van der Waals surface area contributed by atoms with E-state index in [4.69, 9.17) is 19.4 Å². The molecule has 5 heterocycles. The molecule has 1 unspecified atom stereocenters. The summed E-state index contributed by atoms with van der Waals surface area (Å²) in [5, 5.41) is 8.48. The molecule has 0 bridgehead atoms. The van der Waals surface area contributed by atoms with Gasteiger partial charge in [-0.3, -0.25) is 9.89 Å². The van der Waals surface area contributed by atoms with Crippen LogP contribution in [0.5, 0.6) is 11.8 Å². The Morgan fingerprint density at radius 2 is 1.86 bits per heavy atom. The number of halogens is 3. The zero-order chi connectivity index (χ0) is 35.2. The fourth-order valence-electron chi connectivity index (χ4n) is 7.72. The molecule has 50 heavy (non-hydrogen) atoms. The Morgan fingerprint density at radius 1 is 1.08 bits per heavy atom. The van der Waals surface area contributed by atoms with E-state index in [9.17, 15) is 18.0 Å². The molecule has 3 aliphatic heterocycles. The highest BCUT2D eigenvalue weighted by molar-refractivity contribution is 6.07. The molecule has 3 saturated heterocycles. The molecule has 0 saturated carbocycles. The molecule has 0 aliphatic carbocycles. The van der Waals surface area contributed by atoms with Crippen molar-refractivity contribution in [3.05, 3.63) is 54.8 Å². The molecular formula is C37H42F3N7O3. The second-order valence-corrected chi connectivity index (χ2v) is 14.0. The van der Waals surface area contributed by atoms with E-state index < -0.39 is 12.8 Å². The first-order valence-corrected chi connectivity index (χ1v) is 17.1. The zero-order valence-corrected chi connectivity index (χ0v) is 28.5. The lowest BCUT2D eigenvalue weighted by Gasteiger charge is -2.54. The number of H-pyrrole nitrogens is 1. The summed E-state index contributed by atoms with van der Waals surface area (Å²) in [6, 6.07) is 5.80. The maximum absolute atomic E-state index is 13.9. The highest BCUT2D eigenvalue weighted by Crippen LogP contribution is 2.48. The number of nitrogens with one attached hydrogen (secondary N) is 1. The number of nitrogens with zero attached hydrogens (tertiary/aromatic N) is 6. The number of hydrogen-bond donors (Lipinski definition) is 1. The van der Waals surface area contributed by atoms with Gasteiger partial charge in [0.2, 0.25) is 5.91 Å². The number of rotatable bonds is 8. The molecule has 1 spiro atoms. The summed E-state index contributed by atoms with van der Waals surface area (Å²) in [4.78, 5) is 28.2. The minimum atomic E-state index is -4.60. The van der Waals surface area contributed by atoms with Gasteiger partial charge in [-0.05, 0) is 87.5 Å². The van der Waals surface area contributed by atoms with Gasteiger partial charge in [0.05, 0.1) is 11.7 Å². The largest absolute Gasteiger partial charge is 0.481 e. The lowest BCUT2D eigenvalue weighted by atomic mass is 9.72. The number of aromatic nitrogens is 4. The first kappa shape index (κ1) is 33.8. The van der Waals surface area contributed by atoms with Crippen LogP contribution in [-0.4, -0.2) is 101 Å². The predicted octanol–water partition coefficient (Wildman–Crippen LogP) is 6.54. The third kappa shape index (κ3) is 6.50.